The number of aliphatic imine (C=N–C) groups is 2. The van der Waals surface area contributed by atoms with Crippen molar-refractivity contribution >= 4 is 53.4 Å². The Hall–Kier alpha value is -5.79. The first kappa shape index (κ1) is 41.4. The summed E-state index contributed by atoms with van der Waals surface area (Å²) in [6.45, 7) is -2.55. The van der Waals surface area contributed by atoms with E-state index < -0.39 is 109 Å². The summed E-state index contributed by atoms with van der Waals surface area (Å²) in [7, 11) is 1.57. The zero-order chi connectivity index (χ0) is 38.2. The van der Waals surface area contributed by atoms with Crippen molar-refractivity contribution in [3.8, 4) is 0 Å². The first-order chi connectivity index (χ1) is 24.1. The Bertz CT molecular complexity index is 1400. The van der Waals surface area contributed by atoms with Gasteiger partial charge in [0.1, 0.15) is 29.9 Å². The highest BCUT2D eigenvalue weighted by molar-refractivity contribution is 6.02. The van der Waals surface area contributed by atoms with Crippen molar-refractivity contribution in [2.24, 2.45) is 32.9 Å². The molecule has 51 heavy (non-hydrogen) atoms. The number of aliphatic hydroxyl groups is 3. The number of nitrogens with two attached hydrogens (primary N) is 4. The molecule has 2 heterocycles. The smallest absolute Gasteiger partial charge is 0.316 e. The summed E-state index contributed by atoms with van der Waals surface area (Å²) in [5.74, 6) is -6.84. The standard InChI is InChI=1S/C26H45N15O10/c1-31-10(2-3-32-24(27)28)4-16(44)35-12-6-33-23(50)18(11-5-17(45)40-25(29)39-11)41-20(47)13(7-34-26(30)51)36-21(48)14(8-42)38-22(49)15(9-43)37-19(12)46/h7,10-12,14-15,17-18,31,42-43,45H,2-6,8-9H2,1H3,(H,33,50)(H,35,44)(H,36,48)(H,37,46)(H,38,49)(H,41,47)(H4,27,28,32)(H3,29,39,40)(H3,30,34,51)/b13-7+. The minimum absolute atomic E-state index is 0.154. The van der Waals surface area contributed by atoms with E-state index in [1.807, 2.05) is 5.32 Å². The first-order valence-corrected chi connectivity index (χ1v) is 15.4. The quantitative estimate of drug-likeness (QED) is 0.0534. The van der Waals surface area contributed by atoms with Gasteiger partial charge < -0.3 is 86.1 Å². The van der Waals surface area contributed by atoms with Gasteiger partial charge in [0.2, 0.25) is 29.5 Å². The number of amides is 8. The van der Waals surface area contributed by atoms with Gasteiger partial charge in [0.15, 0.2) is 18.1 Å². The minimum atomic E-state index is -1.79. The van der Waals surface area contributed by atoms with Gasteiger partial charge in [-0.1, -0.05) is 0 Å². The van der Waals surface area contributed by atoms with E-state index in [4.69, 9.17) is 22.9 Å². The zero-order valence-electron chi connectivity index (χ0n) is 27.5. The fraction of sp³-hybridized carbons (Fsp3) is 0.577. The molecule has 0 bridgehead atoms. The van der Waals surface area contributed by atoms with E-state index in [0.717, 1.165) is 0 Å². The highest BCUT2D eigenvalue weighted by Gasteiger charge is 2.37. The van der Waals surface area contributed by atoms with E-state index in [2.05, 4.69) is 52.5 Å². The monoisotopic (exact) mass is 727 g/mol. The number of urea groups is 1. The number of primary amides is 1. The minimum Gasteiger partial charge on any atom is -0.394 e. The van der Waals surface area contributed by atoms with Crippen LogP contribution in [0.15, 0.2) is 21.9 Å². The second-order valence-electron chi connectivity index (χ2n) is 11.1. The van der Waals surface area contributed by atoms with E-state index in [0.29, 0.717) is 12.6 Å². The van der Waals surface area contributed by atoms with Gasteiger partial charge in [-0.3, -0.25) is 33.8 Å². The summed E-state index contributed by atoms with van der Waals surface area (Å²) in [6.07, 6.45) is -0.933. The van der Waals surface area contributed by atoms with Crippen LogP contribution < -0.4 is 70.8 Å². The number of nitrogens with zero attached hydrogens (tertiary/aromatic N) is 2. The van der Waals surface area contributed by atoms with Crippen molar-refractivity contribution in [3.05, 3.63) is 11.9 Å². The van der Waals surface area contributed by atoms with Crippen molar-refractivity contribution in [2.45, 2.75) is 61.7 Å². The molecule has 20 N–H and O–H groups in total. The van der Waals surface area contributed by atoms with Crippen molar-refractivity contribution in [1.29, 1.82) is 0 Å². The van der Waals surface area contributed by atoms with Gasteiger partial charge in [0, 0.05) is 38.2 Å². The molecule has 0 aliphatic carbocycles. The lowest BCUT2D eigenvalue weighted by molar-refractivity contribution is -0.135. The predicted octanol–water partition coefficient (Wildman–Crippen LogP) is -9.70. The Morgan fingerprint density at radius 2 is 1.63 bits per heavy atom. The second-order valence-corrected chi connectivity index (χ2v) is 11.1. The van der Waals surface area contributed by atoms with Gasteiger partial charge in [-0.2, -0.15) is 0 Å². The molecular weight excluding hydrogens is 682 g/mol. The molecule has 1 fully saturated rings. The average molecular weight is 728 g/mol. The largest absolute Gasteiger partial charge is 0.394 e. The van der Waals surface area contributed by atoms with Gasteiger partial charge >= 0.3 is 6.03 Å². The third-order valence-corrected chi connectivity index (χ3v) is 7.29. The summed E-state index contributed by atoms with van der Waals surface area (Å²) in [6, 6.07) is -9.59. The highest BCUT2D eigenvalue weighted by Crippen LogP contribution is 2.11. The number of guanidine groups is 2. The van der Waals surface area contributed by atoms with Crippen LogP contribution in [0, 0.1) is 0 Å². The van der Waals surface area contributed by atoms with E-state index in [1.54, 1.807) is 7.05 Å². The van der Waals surface area contributed by atoms with Gasteiger partial charge in [0.25, 0.3) is 5.91 Å². The third-order valence-electron chi connectivity index (χ3n) is 7.29. The molecule has 7 atom stereocenters. The van der Waals surface area contributed by atoms with E-state index in [-0.39, 0.29) is 31.3 Å². The van der Waals surface area contributed by atoms with E-state index in [9.17, 15) is 48.9 Å². The maximum Gasteiger partial charge on any atom is 0.316 e. The predicted molar refractivity (Wildman–Crippen MR) is 176 cm³/mol. The molecule has 2 aliphatic heterocycles. The van der Waals surface area contributed by atoms with Crippen LogP contribution in [0.25, 0.3) is 0 Å². The van der Waals surface area contributed by atoms with E-state index >= 15 is 0 Å². The van der Waals surface area contributed by atoms with Crippen LogP contribution in [-0.4, -0.2) is 145 Å². The molecule has 2 aliphatic rings. The molecule has 284 valence electrons. The Kier molecular flexibility index (Phi) is 16.2. The molecule has 25 nitrogen and oxygen atoms in total. The molecule has 0 spiro atoms. The van der Waals surface area contributed by atoms with Gasteiger partial charge in [-0.25, -0.2) is 9.79 Å². The lowest BCUT2D eigenvalue weighted by Crippen LogP contribution is -2.64. The normalized spacial score (nSPS) is 26.5. The highest BCUT2D eigenvalue weighted by atomic mass is 16.3. The van der Waals surface area contributed by atoms with Gasteiger partial charge in [-0.15, -0.1) is 0 Å². The van der Waals surface area contributed by atoms with E-state index in [1.165, 1.54) is 0 Å². The van der Waals surface area contributed by atoms with Crippen LogP contribution in [0.2, 0.25) is 0 Å². The maximum absolute atomic E-state index is 13.7. The maximum atomic E-state index is 13.7. The number of aliphatic hydroxyl groups excluding tert-OH is 3. The van der Waals surface area contributed by atoms with Crippen molar-refractivity contribution in [1.82, 2.24) is 47.9 Å². The molecular formula is C26H45N15O10. The summed E-state index contributed by atoms with van der Waals surface area (Å²) >= 11 is 0. The van der Waals surface area contributed by atoms with Crippen molar-refractivity contribution < 1.29 is 48.9 Å². The van der Waals surface area contributed by atoms with Crippen LogP contribution in [0.5, 0.6) is 0 Å². The summed E-state index contributed by atoms with van der Waals surface area (Å²) in [4.78, 5) is 98.5. The SMILES string of the molecule is CNC(CCN=C(N)N)CC(=O)NC1CNC(=O)C(C2CC(O)N=C(N)N2)NC(=O)/C(=C\NC(N)=O)NC(=O)C(CO)NC(=O)C(CO)NC1=O. The molecule has 0 aromatic heterocycles. The molecule has 7 unspecified atom stereocenters. The molecule has 2 rings (SSSR count). The Balaban J connectivity index is 2.53. The molecule has 0 radical (unpaired) electrons. The molecule has 1 saturated heterocycles. The number of hydrogen-bond donors (Lipinski definition) is 16. The molecule has 0 aromatic rings. The fourth-order valence-corrected chi connectivity index (χ4v) is 4.67. The van der Waals surface area contributed by atoms with Crippen LogP contribution in [-0.2, 0) is 28.8 Å². The third kappa shape index (κ3) is 13.6. The average Bonchev–Trinajstić information content (AvgIpc) is 3.06. The van der Waals surface area contributed by atoms with Gasteiger partial charge in [-0.05, 0) is 13.5 Å². The molecule has 0 aromatic carbocycles. The number of hydrogen-bond acceptors (Lipinski definition) is 15. The number of carbonyl (C=O) groups is 7. The Morgan fingerprint density at radius 3 is 2.22 bits per heavy atom. The summed E-state index contributed by atoms with van der Waals surface area (Å²) in [5, 5.41) is 51.0. The zero-order valence-corrected chi connectivity index (χ0v) is 27.5. The first-order valence-electron chi connectivity index (χ1n) is 15.4. The number of carbonyl (C=O) groups excluding carboxylic acids is 7. The lowest BCUT2D eigenvalue weighted by Gasteiger charge is -2.33. The summed E-state index contributed by atoms with van der Waals surface area (Å²) < 4.78 is 0. The molecule has 8 amide bonds. The number of nitrogens with one attached hydrogen (secondary N) is 9. The topological polar surface area (TPSA) is 417 Å². The van der Waals surface area contributed by atoms with Crippen molar-refractivity contribution in [3.63, 3.8) is 0 Å². The second kappa shape index (κ2) is 20.0. The van der Waals surface area contributed by atoms with Crippen molar-refractivity contribution in [2.75, 3.05) is 33.4 Å². The van der Waals surface area contributed by atoms with Crippen LogP contribution in [0.3, 0.4) is 0 Å². The Labute approximate surface area is 290 Å². The fourth-order valence-electron chi connectivity index (χ4n) is 4.67. The number of rotatable bonds is 11. The van der Waals surface area contributed by atoms with Crippen LogP contribution in [0.4, 0.5) is 4.79 Å². The molecule has 25 heteroatoms. The van der Waals surface area contributed by atoms with Crippen LogP contribution >= 0.6 is 0 Å². The van der Waals surface area contributed by atoms with Gasteiger partial charge in [0.05, 0.1) is 19.3 Å². The Morgan fingerprint density at radius 1 is 0.980 bits per heavy atom. The van der Waals surface area contributed by atoms with Crippen LogP contribution in [0.1, 0.15) is 19.3 Å². The molecule has 0 saturated carbocycles. The summed E-state index contributed by atoms with van der Waals surface area (Å²) in [5.41, 5.74) is 20.8. The lowest BCUT2D eigenvalue weighted by atomic mass is 10.0.